The smallest absolute Gasteiger partial charge is 0.338 e. The minimum Gasteiger partial charge on any atom is -0.456 e. The molecule has 1 heterocycles. The minimum absolute atomic E-state index is 0.00767. The van der Waals surface area contributed by atoms with E-state index in [0.29, 0.717) is 12.8 Å². The van der Waals surface area contributed by atoms with E-state index >= 15 is 0 Å². The highest BCUT2D eigenvalue weighted by atomic mass is 16.6. The fraction of sp³-hybridized carbons (Fsp3) is 0.667. The van der Waals surface area contributed by atoms with Crippen LogP contribution in [0.4, 0.5) is 0 Å². The van der Waals surface area contributed by atoms with Crippen LogP contribution in [0.15, 0.2) is 35.9 Å². The molecule has 2 bridgehead atoms. The number of fused-ring (bicyclic) bond motifs is 2. The molecule has 0 radical (unpaired) electrons. The second-order valence-electron chi connectivity index (χ2n) is 9.88. The Bertz CT molecular complexity index is 815. The lowest BCUT2D eigenvalue weighted by Gasteiger charge is -2.35. The van der Waals surface area contributed by atoms with E-state index in [1.165, 1.54) is 7.11 Å². The summed E-state index contributed by atoms with van der Waals surface area (Å²) in [5.74, 6) is -0.722. The Morgan fingerprint density at radius 3 is 2.53 bits per heavy atom. The van der Waals surface area contributed by atoms with Crippen LogP contribution in [0.3, 0.4) is 0 Å². The molecule has 7 heteroatoms. The van der Waals surface area contributed by atoms with Gasteiger partial charge in [-0.1, -0.05) is 51.1 Å². The quantitative estimate of drug-likeness (QED) is 0.426. The first-order chi connectivity index (χ1) is 16.1. The Labute approximate surface area is 203 Å². The lowest BCUT2D eigenvalue weighted by atomic mass is 9.76. The van der Waals surface area contributed by atoms with Crippen LogP contribution >= 0.6 is 0 Å². The number of carbonyl (C=O) groups excluding carboxylic acids is 1. The Morgan fingerprint density at radius 1 is 1.24 bits per heavy atom. The highest BCUT2D eigenvalue weighted by Gasteiger charge is 2.36. The Hall–Kier alpha value is -1.77. The van der Waals surface area contributed by atoms with Gasteiger partial charge in [0.05, 0.1) is 18.3 Å². The molecule has 3 N–H and O–H groups in total. The molecule has 0 aromatic heterocycles. The number of benzene rings is 1. The zero-order valence-corrected chi connectivity index (χ0v) is 21.4. The molecule has 34 heavy (non-hydrogen) atoms. The van der Waals surface area contributed by atoms with E-state index in [4.69, 9.17) is 14.2 Å². The van der Waals surface area contributed by atoms with Gasteiger partial charge >= 0.3 is 5.97 Å². The summed E-state index contributed by atoms with van der Waals surface area (Å²) >= 11 is 0. The van der Waals surface area contributed by atoms with Crippen LogP contribution in [0, 0.1) is 5.92 Å². The predicted octanol–water partition coefficient (Wildman–Crippen LogP) is 2.93. The number of hydrogen-bond donors (Lipinski definition) is 3. The van der Waals surface area contributed by atoms with Gasteiger partial charge in [-0.05, 0) is 30.0 Å². The van der Waals surface area contributed by atoms with Crippen molar-refractivity contribution in [3.63, 3.8) is 0 Å². The van der Waals surface area contributed by atoms with Gasteiger partial charge in [0.25, 0.3) is 0 Å². The first kappa shape index (κ1) is 28.5. The normalized spacial score (nSPS) is 29.7. The first-order valence-electron chi connectivity index (χ1n) is 12.1. The number of ether oxygens (including phenoxy) is 3. The van der Waals surface area contributed by atoms with Gasteiger partial charge < -0.3 is 29.5 Å². The van der Waals surface area contributed by atoms with Crippen LogP contribution in [-0.2, 0) is 30.8 Å². The number of carbonyl (C=O) groups is 1. The highest BCUT2D eigenvalue weighted by Crippen LogP contribution is 2.32. The summed E-state index contributed by atoms with van der Waals surface area (Å²) in [6, 6.07) is 7.69. The van der Waals surface area contributed by atoms with Gasteiger partial charge in [0.15, 0.2) is 6.10 Å². The van der Waals surface area contributed by atoms with E-state index in [2.05, 4.69) is 0 Å². The topological polar surface area (TPSA) is 105 Å². The van der Waals surface area contributed by atoms with Gasteiger partial charge in [0.2, 0.25) is 0 Å². The summed E-state index contributed by atoms with van der Waals surface area (Å²) in [4.78, 5) is 13.1. The zero-order chi connectivity index (χ0) is 25.5. The number of aliphatic hydroxyl groups excluding tert-OH is 3. The molecule has 1 aromatic carbocycles. The van der Waals surface area contributed by atoms with Gasteiger partial charge in [0, 0.05) is 51.4 Å². The van der Waals surface area contributed by atoms with Crippen molar-refractivity contribution in [2.45, 2.75) is 89.3 Å². The number of methoxy groups -OCH3 is 2. The van der Waals surface area contributed by atoms with Crippen LogP contribution in [0.2, 0.25) is 0 Å². The fourth-order valence-corrected chi connectivity index (χ4v) is 4.43. The Balaban J connectivity index is 2.50. The number of hydrogen-bond acceptors (Lipinski definition) is 7. The van der Waals surface area contributed by atoms with E-state index in [0.717, 1.165) is 23.1 Å². The van der Waals surface area contributed by atoms with Gasteiger partial charge in [0.1, 0.15) is 6.10 Å². The molecule has 0 amide bonds. The lowest BCUT2D eigenvalue weighted by Crippen LogP contribution is -2.42. The SMILES string of the molecule is CC[C@H](/C=C(/C)[C@@H]1C[C@@H](OC)C[C@H](O)C(C)(C)c2cccc(c2)C[C@@H](O)[C@H](OC)C(=O)O1)CO. The van der Waals surface area contributed by atoms with Crippen molar-refractivity contribution in [2.75, 3.05) is 20.8 Å². The van der Waals surface area contributed by atoms with E-state index < -0.39 is 35.8 Å². The van der Waals surface area contributed by atoms with E-state index in [1.54, 1.807) is 7.11 Å². The zero-order valence-electron chi connectivity index (χ0n) is 21.4. The number of esters is 1. The average molecular weight is 479 g/mol. The molecule has 0 aliphatic carbocycles. The average Bonchev–Trinajstić information content (AvgIpc) is 2.81. The van der Waals surface area contributed by atoms with E-state index in [1.807, 2.05) is 58.0 Å². The maximum Gasteiger partial charge on any atom is 0.338 e. The summed E-state index contributed by atoms with van der Waals surface area (Å²) in [6.07, 6.45) is -0.475. The van der Waals surface area contributed by atoms with Crippen LogP contribution in [0.25, 0.3) is 0 Å². The molecule has 0 saturated heterocycles. The molecule has 0 unspecified atom stereocenters. The molecule has 0 saturated carbocycles. The summed E-state index contributed by atoms with van der Waals surface area (Å²) < 4.78 is 16.9. The van der Waals surface area contributed by atoms with Crippen molar-refractivity contribution >= 4 is 5.97 Å². The third kappa shape index (κ3) is 7.12. The molecule has 6 atom stereocenters. The molecule has 7 nitrogen and oxygen atoms in total. The molecule has 1 aliphatic heterocycles. The van der Waals surface area contributed by atoms with Gasteiger partial charge in [-0.3, -0.25) is 0 Å². The number of cyclic esters (lactones) is 1. The number of rotatable bonds is 6. The Morgan fingerprint density at radius 2 is 1.94 bits per heavy atom. The second kappa shape index (κ2) is 12.8. The molecule has 0 fully saturated rings. The second-order valence-corrected chi connectivity index (χ2v) is 9.88. The third-order valence-corrected chi connectivity index (χ3v) is 7.10. The van der Waals surface area contributed by atoms with Gasteiger partial charge in [-0.15, -0.1) is 0 Å². The third-order valence-electron chi connectivity index (χ3n) is 7.10. The lowest BCUT2D eigenvalue weighted by molar-refractivity contribution is -0.167. The monoisotopic (exact) mass is 478 g/mol. The van der Waals surface area contributed by atoms with Crippen LogP contribution < -0.4 is 0 Å². The molecular formula is C27H42O7. The minimum atomic E-state index is -1.15. The van der Waals surface area contributed by atoms with E-state index in [9.17, 15) is 20.1 Å². The van der Waals surface area contributed by atoms with Crippen LogP contribution in [-0.4, -0.2) is 72.6 Å². The first-order valence-corrected chi connectivity index (χ1v) is 12.1. The molecule has 2 rings (SSSR count). The highest BCUT2D eigenvalue weighted by molar-refractivity contribution is 5.76. The summed E-state index contributed by atoms with van der Waals surface area (Å²) in [7, 11) is 2.96. The standard InChI is InChI=1S/C27H42O7/c1-7-18(16-28)11-17(2)23-14-21(32-5)15-24(30)27(3,4)20-10-8-9-19(12-20)13-22(29)25(33-6)26(31)34-23/h8-12,18,21-25,28-30H,7,13-16H2,1-6H3/b17-11-/t18-,21-,22-,23+,24+,25+/m1/s1. The molecular weight excluding hydrogens is 436 g/mol. The Kier molecular flexibility index (Phi) is 10.7. The van der Waals surface area contributed by atoms with Crippen molar-refractivity contribution < 1.29 is 34.3 Å². The van der Waals surface area contributed by atoms with Gasteiger partial charge in [-0.2, -0.15) is 0 Å². The van der Waals surface area contributed by atoms with Crippen molar-refractivity contribution in [3.05, 3.63) is 47.0 Å². The fourth-order valence-electron chi connectivity index (χ4n) is 4.43. The summed E-state index contributed by atoms with van der Waals surface area (Å²) in [5.41, 5.74) is 1.99. The van der Waals surface area contributed by atoms with Crippen molar-refractivity contribution in [3.8, 4) is 0 Å². The molecule has 1 aliphatic rings. The molecule has 192 valence electrons. The predicted molar refractivity (Wildman–Crippen MR) is 131 cm³/mol. The molecule has 0 spiro atoms. The van der Waals surface area contributed by atoms with Gasteiger partial charge in [-0.25, -0.2) is 4.79 Å². The molecule has 1 aromatic rings. The van der Waals surface area contributed by atoms with Crippen LogP contribution in [0.5, 0.6) is 0 Å². The summed E-state index contributed by atoms with van der Waals surface area (Å²) in [6.45, 7) is 7.80. The van der Waals surface area contributed by atoms with Crippen molar-refractivity contribution in [1.82, 2.24) is 0 Å². The maximum atomic E-state index is 13.1. The number of aliphatic hydroxyl groups is 3. The van der Waals surface area contributed by atoms with Crippen molar-refractivity contribution in [1.29, 1.82) is 0 Å². The van der Waals surface area contributed by atoms with Crippen molar-refractivity contribution in [2.24, 2.45) is 5.92 Å². The maximum absolute atomic E-state index is 13.1. The van der Waals surface area contributed by atoms with Crippen LogP contribution in [0.1, 0.15) is 58.1 Å². The van der Waals surface area contributed by atoms with E-state index in [-0.39, 0.29) is 25.0 Å². The largest absolute Gasteiger partial charge is 0.456 e. The summed E-state index contributed by atoms with van der Waals surface area (Å²) in [5, 5.41) is 31.7.